The maximum Gasteiger partial charge on any atom is 0.251 e. The van der Waals surface area contributed by atoms with E-state index in [1.807, 2.05) is 0 Å². The lowest BCUT2D eigenvalue weighted by molar-refractivity contribution is 0.590. The minimum absolute atomic E-state index is 0.0000239. The van der Waals surface area contributed by atoms with Crippen LogP contribution in [0.1, 0.15) is 52.7 Å². The van der Waals surface area contributed by atoms with Gasteiger partial charge in [-0.1, -0.05) is 217 Å². The summed E-state index contributed by atoms with van der Waals surface area (Å²) in [5.41, 5.74) is 19.6. The van der Waals surface area contributed by atoms with Gasteiger partial charge in [0, 0.05) is 45.4 Å². The average molecular weight is 956 g/mol. The van der Waals surface area contributed by atoms with E-state index in [0.29, 0.717) is 0 Å². The molecular weight excluding hydrogens is 898 g/mol. The summed E-state index contributed by atoms with van der Waals surface area (Å²) in [6, 6.07) is 92.1. The lowest BCUT2D eigenvalue weighted by Crippen LogP contribution is -2.88. The molecule has 3 nitrogen and oxygen atoms in total. The minimum atomic E-state index is -3.03. The average Bonchev–Trinajstić information content (AvgIpc) is 3.42. The van der Waals surface area contributed by atoms with Crippen molar-refractivity contribution in [1.82, 2.24) is 0 Å². The fourth-order valence-corrected chi connectivity index (χ4v) is 17.8. The van der Waals surface area contributed by atoms with Crippen LogP contribution in [0.25, 0.3) is 11.1 Å². The van der Waals surface area contributed by atoms with Crippen molar-refractivity contribution in [2.45, 2.75) is 52.4 Å². The van der Waals surface area contributed by atoms with Gasteiger partial charge >= 0.3 is 0 Å². The van der Waals surface area contributed by atoms with E-state index in [1.54, 1.807) is 0 Å². The summed E-state index contributed by atoms with van der Waals surface area (Å²) in [6.45, 7) is 13.8. The van der Waals surface area contributed by atoms with Crippen LogP contribution in [0.2, 0.25) is 0 Å². The van der Waals surface area contributed by atoms with Gasteiger partial charge in [0.2, 0.25) is 0 Å². The summed E-state index contributed by atoms with van der Waals surface area (Å²) in [7, 11) is -3.03. The molecule has 0 saturated heterocycles. The van der Waals surface area contributed by atoms with Gasteiger partial charge in [-0.15, -0.1) is 0 Å². The van der Waals surface area contributed by atoms with Crippen molar-refractivity contribution in [3.63, 3.8) is 0 Å². The third-order valence-corrected chi connectivity index (χ3v) is 20.7. The molecule has 0 fully saturated rings. The summed E-state index contributed by atoms with van der Waals surface area (Å²) in [4.78, 5) is 7.70. The predicted octanol–water partition coefficient (Wildman–Crippen LogP) is 13.2. The molecule has 13 rings (SSSR count). The standard InChI is InChI=1S/C68H58BN3Si/c1-67(2,3)48-39-37-47(38-40-48)56-31-19-20-32-57(56)72-59-34-22-36-63-66(59)69-64-60(45-53(46-61(64)72)70(50-23-11-7-12-24-50)51-25-13-8-14-26-51)71(52-43-41-49(42-44-52)68(4,5)6)58-33-21-35-62(65(58)69)73(63,54-27-15-9-16-28-54)55-29-17-10-18-30-55/h7-46H,1-6H3. The van der Waals surface area contributed by atoms with E-state index < -0.39 is 8.07 Å². The number of benzene rings is 10. The fourth-order valence-electron chi connectivity index (χ4n) is 12.5. The van der Waals surface area contributed by atoms with E-state index in [0.717, 1.165) is 28.4 Å². The van der Waals surface area contributed by atoms with Crippen molar-refractivity contribution in [3.05, 3.63) is 254 Å². The summed E-state index contributed by atoms with van der Waals surface area (Å²) >= 11 is 0. The van der Waals surface area contributed by atoms with Crippen LogP contribution in [0, 0.1) is 0 Å². The molecular formula is C68H58BN3Si. The highest BCUT2D eigenvalue weighted by Gasteiger charge is 2.56. The Bertz CT molecular complexity index is 3620. The first kappa shape index (κ1) is 44.8. The van der Waals surface area contributed by atoms with E-state index in [-0.39, 0.29) is 17.5 Å². The Morgan fingerprint density at radius 2 is 0.781 bits per heavy atom. The van der Waals surface area contributed by atoms with Gasteiger partial charge in [0.1, 0.15) is 0 Å². The second-order valence-electron chi connectivity index (χ2n) is 22.1. The van der Waals surface area contributed by atoms with Crippen molar-refractivity contribution in [1.29, 1.82) is 0 Å². The lowest BCUT2D eigenvalue weighted by atomic mass is 9.33. The number of para-hydroxylation sites is 3. The van der Waals surface area contributed by atoms with E-state index in [1.165, 1.54) is 82.1 Å². The van der Waals surface area contributed by atoms with Crippen molar-refractivity contribution >= 4 is 103 Å². The summed E-state index contributed by atoms with van der Waals surface area (Å²) < 4.78 is 0. The van der Waals surface area contributed by atoms with Crippen LogP contribution in [0.4, 0.5) is 51.2 Å². The van der Waals surface area contributed by atoms with Gasteiger partial charge in [0.25, 0.3) is 6.71 Å². The summed E-state index contributed by atoms with van der Waals surface area (Å²) in [5.74, 6) is 0. The zero-order valence-corrected chi connectivity index (χ0v) is 43.5. The maximum atomic E-state index is 2.65. The van der Waals surface area contributed by atoms with Gasteiger partial charge in [-0.2, -0.15) is 0 Å². The van der Waals surface area contributed by atoms with Gasteiger partial charge < -0.3 is 14.7 Å². The second kappa shape index (κ2) is 17.0. The Balaban J connectivity index is 1.19. The normalized spacial score (nSPS) is 13.9. The Morgan fingerprint density at radius 3 is 1.29 bits per heavy atom. The fraction of sp³-hybridized carbons (Fsp3) is 0.118. The molecule has 10 aromatic rings. The molecule has 0 aliphatic carbocycles. The minimum Gasteiger partial charge on any atom is -0.311 e. The van der Waals surface area contributed by atoms with E-state index in [2.05, 4.69) is 299 Å². The van der Waals surface area contributed by atoms with E-state index >= 15 is 0 Å². The Labute approximate surface area is 432 Å². The van der Waals surface area contributed by atoms with Crippen LogP contribution in [0.15, 0.2) is 243 Å². The molecule has 352 valence electrons. The number of hydrogen-bond acceptors (Lipinski definition) is 3. The molecule has 10 aromatic carbocycles. The molecule has 3 aliphatic heterocycles. The van der Waals surface area contributed by atoms with Crippen LogP contribution in [-0.2, 0) is 10.8 Å². The van der Waals surface area contributed by atoms with Crippen LogP contribution in [-0.4, -0.2) is 14.8 Å². The first-order valence-corrected chi connectivity index (χ1v) is 27.9. The number of rotatable bonds is 8. The molecule has 0 amide bonds. The van der Waals surface area contributed by atoms with Crippen LogP contribution in [0.5, 0.6) is 0 Å². The molecule has 0 N–H and O–H groups in total. The third kappa shape index (κ3) is 7.00. The zero-order chi connectivity index (χ0) is 49.6. The van der Waals surface area contributed by atoms with Crippen molar-refractivity contribution in [3.8, 4) is 11.1 Å². The first-order valence-electron chi connectivity index (χ1n) is 25.9. The number of nitrogens with zero attached hydrogens (tertiary/aromatic N) is 3. The summed E-state index contributed by atoms with van der Waals surface area (Å²) in [6.07, 6.45) is 0. The molecule has 0 aromatic heterocycles. The predicted molar refractivity (Wildman–Crippen MR) is 315 cm³/mol. The molecule has 3 heterocycles. The molecule has 73 heavy (non-hydrogen) atoms. The highest BCUT2D eigenvalue weighted by Crippen LogP contribution is 2.50. The zero-order valence-electron chi connectivity index (χ0n) is 42.5. The van der Waals surface area contributed by atoms with E-state index in [4.69, 9.17) is 0 Å². The smallest absolute Gasteiger partial charge is 0.251 e. The van der Waals surface area contributed by atoms with Crippen molar-refractivity contribution < 1.29 is 0 Å². The summed E-state index contributed by atoms with van der Waals surface area (Å²) in [5, 5.41) is 5.69. The Hall–Kier alpha value is -8.12. The van der Waals surface area contributed by atoms with Gasteiger partial charge in [-0.3, -0.25) is 0 Å². The lowest BCUT2D eigenvalue weighted by Gasteiger charge is -2.52. The quantitative estimate of drug-likeness (QED) is 0.141. The van der Waals surface area contributed by atoms with Gasteiger partial charge in [0.05, 0.1) is 11.4 Å². The van der Waals surface area contributed by atoms with Crippen LogP contribution >= 0.6 is 0 Å². The van der Waals surface area contributed by atoms with Crippen LogP contribution < -0.4 is 51.8 Å². The molecule has 3 aliphatic rings. The maximum absolute atomic E-state index is 3.03. The van der Waals surface area contributed by atoms with Gasteiger partial charge in [0.15, 0.2) is 8.07 Å². The number of hydrogen-bond donors (Lipinski definition) is 0. The topological polar surface area (TPSA) is 9.72 Å². The molecule has 0 spiro atoms. The van der Waals surface area contributed by atoms with E-state index in [9.17, 15) is 0 Å². The third-order valence-electron chi connectivity index (χ3n) is 15.8. The van der Waals surface area contributed by atoms with Crippen LogP contribution in [0.3, 0.4) is 0 Å². The largest absolute Gasteiger partial charge is 0.311 e. The van der Waals surface area contributed by atoms with Gasteiger partial charge in [-0.05, 0) is 131 Å². The monoisotopic (exact) mass is 955 g/mol. The van der Waals surface area contributed by atoms with Crippen molar-refractivity contribution in [2.75, 3.05) is 14.7 Å². The molecule has 0 bridgehead atoms. The number of anilines is 9. The van der Waals surface area contributed by atoms with Gasteiger partial charge in [-0.25, -0.2) is 0 Å². The first-order chi connectivity index (χ1) is 35.5. The second-order valence-corrected chi connectivity index (χ2v) is 25.8. The molecule has 0 atom stereocenters. The Morgan fingerprint density at radius 1 is 0.356 bits per heavy atom. The molecule has 0 unspecified atom stereocenters. The highest BCUT2D eigenvalue weighted by atomic mass is 28.3. The SMILES string of the molecule is CC(C)(C)c1ccc(-c2ccccc2N2c3cc(N(c4ccccc4)c4ccccc4)cc4c3B3c5c(cccc5[Si](c5ccccc5)(c5ccccc5)c5cccc2c53)N4c2ccc(C(C)(C)C)cc2)cc1. The molecule has 0 saturated carbocycles. The highest BCUT2D eigenvalue weighted by molar-refractivity contribution is 7.27. The molecule has 0 radical (unpaired) electrons. The molecule has 5 heteroatoms. The van der Waals surface area contributed by atoms with Crippen molar-refractivity contribution in [2.24, 2.45) is 0 Å². The Kier molecular flexibility index (Phi) is 10.4.